The maximum absolute atomic E-state index is 14.0. The van der Waals surface area contributed by atoms with Gasteiger partial charge in [-0.1, -0.05) is 26.0 Å². The van der Waals surface area contributed by atoms with Crippen LogP contribution in [0.4, 0.5) is 20.4 Å². The molecule has 16 heteroatoms. The molecule has 272 valence electrons. The van der Waals surface area contributed by atoms with Gasteiger partial charge in [-0.3, -0.25) is 13.9 Å². The van der Waals surface area contributed by atoms with Crippen molar-refractivity contribution in [2.24, 2.45) is 0 Å². The number of carbonyl (C=O) groups is 1. The molecular weight excluding hydrogens is 691 g/mol. The Bertz CT molecular complexity index is 1690. The quantitative estimate of drug-likeness (QED) is 0.214. The molecule has 12 nitrogen and oxygen atoms in total. The maximum atomic E-state index is 14.0. The van der Waals surface area contributed by atoms with E-state index in [0.29, 0.717) is 31.2 Å². The van der Waals surface area contributed by atoms with Crippen molar-refractivity contribution in [3.8, 4) is 0 Å². The number of carbonyl (C=O) groups excluding carboxylic acids is 1. The Balaban J connectivity index is 0.000000189. The van der Waals surface area contributed by atoms with Crippen LogP contribution < -0.4 is 22.0 Å². The van der Waals surface area contributed by atoms with Crippen molar-refractivity contribution in [1.82, 2.24) is 19.1 Å². The van der Waals surface area contributed by atoms with E-state index in [2.05, 4.69) is 20.6 Å². The second-order valence-electron chi connectivity index (χ2n) is 11.2. The van der Waals surface area contributed by atoms with Crippen molar-refractivity contribution >= 4 is 40.2 Å². The third-order valence-corrected chi connectivity index (χ3v) is 9.31. The summed E-state index contributed by atoms with van der Waals surface area (Å²) in [6, 6.07) is 7.18. The van der Waals surface area contributed by atoms with Crippen LogP contribution in [0.25, 0.3) is 0 Å². The topological polar surface area (TPSA) is 139 Å². The molecule has 0 aliphatic carbocycles. The molecule has 2 atom stereocenters. The fourth-order valence-corrected chi connectivity index (χ4v) is 6.36. The highest BCUT2D eigenvalue weighted by atomic mass is 32.1. The summed E-state index contributed by atoms with van der Waals surface area (Å²) >= 11 is 2.79. The summed E-state index contributed by atoms with van der Waals surface area (Å²) in [6.07, 6.45) is 8.35. The molecule has 4 aromatic heterocycles. The highest BCUT2D eigenvalue weighted by Crippen LogP contribution is 2.17. The van der Waals surface area contributed by atoms with E-state index in [0.717, 1.165) is 50.0 Å². The Hall–Kier alpha value is -3.83. The zero-order chi connectivity index (χ0) is 35.7. The van der Waals surface area contributed by atoms with Crippen LogP contribution in [0.3, 0.4) is 0 Å². The third kappa shape index (κ3) is 12.2. The van der Waals surface area contributed by atoms with E-state index in [9.17, 15) is 23.2 Å². The Morgan fingerprint density at radius 3 is 1.86 bits per heavy atom. The second kappa shape index (κ2) is 20.7. The zero-order valence-electron chi connectivity index (χ0n) is 28.3. The monoisotopic (exact) mass is 734 g/mol. The number of ether oxygens (including phenoxy) is 3. The highest BCUT2D eigenvalue weighted by molar-refractivity contribution is 7.12. The Kier molecular flexibility index (Phi) is 16.2. The smallest absolute Gasteiger partial charge is 0.349 e. The first-order valence-electron chi connectivity index (χ1n) is 16.8. The Morgan fingerprint density at radius 2 is 1.38 bits per heavy atom. The SMILES string of the molecule is C1CCOC1.CC.O=C(Nc1nc(=O)n(CC2CCCO2)cc1F)c1cccs1.O=c1nc(NCc2cccs2)c(F)cn1CC1CCCO1. The number of thiophene rings is 2. The molecule has 4 aromatic rings. The van der Waals surface area contributed by atoms with Crippen molar-refractivity contribution in [3.05, 3.63) is 89.8 Å². The largest absolute Gasteiger partial charge is 0.381 e. The first-order valence-corrected chi connectivity index (χ1v) is 18.6. The summed E-state index contributed by atoms with van der Waals surface area (Å²) < 4.78 is 46.3. The van der Waals surface area contributed by atoms with Crippen molar-refractivity contribution in [2.75, 3.05) is 37.1 Å². The minimum atomic E-state index is -0.748. The standard InChI is InChI=1S/C14H14FN3O3S.C14H16FN3O2S.C4H8O.C2H6/c15-10-8-18(7-9-3-1-5-21-9)14(20)17-12(10)16-13(19)11-4-2-6-22-11;15-12-9-18(8-10-3-1-5-20-10)14(19)17-13(12)16-7-11-4-2-6-21-11;1-2-4-5-3-1;1-2/h2,4,6,8-9H,1,3,5,7H2,(H,16,17,19,20);2,4,6,9-10H,1,3,5,7-8H2,(H,16,17,19);1-4H2;1-2H3. The van der Waals surface area contributed by atoms with Crippen LogP contribution in [0.15, 0.2) is 57.0 Å². The molecule has 0 radical (unpaired) electrons. The van der Waals surface area contributed by atoms with E-state index in [1.807, 2.05) is 31.4 Å². The molecule has 0 saturated carbocycles. The van der Waals surface area contributed by atoms with Crippen LogP contribution in [0.1, 0.15) is 66.9 Å². The second-order valence-corrected chi connectivity index (χ2v) is 13.2. The molecule has 7 heterocycles. The van der Waals surface area contributed by atoms with Crippen LogP contribution in [-0.4, -0.2) is 63.6 Å². The number of hydrogen-bond acceptors (Lipinski definition) is 11. The average Bonchev–Trinajstić information content (AvgIpc) is 3.97. The minimum Gasteiger partial charge on any atom is -0.381 e. The van der Waals surface area contributed by atoms with E-state index in [1.54, 1.807) is 28.8 Å². The normalized spacial score (nSPS) is 17.8. The van der Waals surface area contributed by atoms with E-state index >= 15 is 0 Å². The molecule has 0 aromatic carbocycles. The fraction of sp³-hybridized carbons (Fsp3) is 0.500. The predicted molar refractivity (Wildman–Crippen MR) is 190 cm³/mol. The van der Waals surface area contributed by atoms with Gasteiger partial charge in [0.25, 0.3) is 5.91 Å². The number of nitrogens with one attached hydrogen (secondary N) is 2. The maximum Gasteiger partial charge on any atom is 0.349 e. The molecule has 3 saturated heterocycles. The fourth-order valence-electron chi connectivity index (χ4n) is 5.09. The average molecular weight is 735 g/mol. The molecule has 50 heavy (non-hydrogen) atoms. The van der Waals surface area contributed by atoms with Gasteiger partial charge < -0.3 is 24.8 Å². The molecule has 0 bridgehead atoms. The summed E-state index contributed by atoms with van der Waals surface area (Å²) in [6.45, 7) is 8.44. The van der Waals surface area contributed by atoms with Gasteiger partial charge in [0.1, 0.15) is 0 Å². The van der Waals surface area contributed by atoms with Gasteiger partial charge in [-0.2, -0.15) is 9.97 Å². The first kappa shape index (κ1) is 39.0. The Labute approximate surface area is 297 Å². The van der Waals surface area contributed by atoms with Crippen LogP contribution >= 0.6 is 22.7 Å². The summed E-state index contributed by atoms with van der Waals surface area (Å²) in [4.78, 5) is 44.6. The number of rotatable bonds is 9. The van der Waals surface area contributed by atoms with Crippen molar-refractivity contribution < 1.29 is 27.8 Å². The third-order valence-electron chi connectivity index (χ3n) is 7.56. The summed E-state index contributed by atoms with van der Waals surface area (Å²) in [7, 11) is 0. The van der Waals surface area contributed by atoms with Crippen molar-refractivity contribution in [2.45, 2.75) is 84.2 Å². The summed E-state index contributed by atoms with van der Waals surface area (Å²) in [5.74, 6) is -2.12. The lowest BCUT2D eigenvalue weighted by molar-refractivity contribution is 0.0954. The Morgan fingerprint density at radius 1 is 0.820 bits per heavy atom. The zero-order valence-corrected chi connectivity index (χ0v) is 29.9. The number of aromatic nitrogens is 4. The molecule has 3 aliphatic rings. The van der Waals surface area contributed by atoms with Gasteiger partial charge in [0.15, 0.2) is 23.3 Å². The lowest BCUT2D eigenvalue weighted by atomic mass is 10.2. The van der Waals surface area contributed by atoms with E-state index in [4.69, 9.17) is 14.2 Å². The van der Waals surface area contributed by atoms with Crippen LogP contribution in [-0.2, 0) is 33.8 Å². The van der Waals surface area contributed by atoms with Gasteiger partial charge in [0.2, 0.25) is 0 Å². The number of amides is 1. The molecule has 2 unspecified atom stereocenters. The molecule has 1 amide bonds. The summed E-state index contributed by atoms with van der Waals surface area (Å²) in [5.41, 5.74) is -1.07. The molecule has 3 aliphatic heterocycles. The van der Waals surface area contributed by atoms with E-state index < -0.39 is 28.9 Å². The molecule has 3 fully saturated rings. The first-order chi connectivity index (χ1) is 24.4. The lowest BCUT2D eigenvalue weighted by Gasteiger charge is -2.12. The van der Waals surface area contributed by atoms with Crippen LogP contribution in [0, 0.1) is 11.6 Å². The molecular formula is C34H44F2N6O6S2. The van der Waals surface area contributed by atoms with E-state index in [1.165, 1.54) is 39.5 Å². The number of anilines is 2. The van der Waals surface area contributed by atoms with Gasteiger partial charge in [-0.15, -0.1) is 22.7 Å². The van der Waals surface area contributed by atoms with Crippen molar-refractivity contribution in [3.63, 3.8) is 0 Å². The van der Waals surface area contributed by atoms with Gasteiger partial charge in [-0.25, -0.2) is 18.4 Å². The predicted octanol–water partition coefficient (Wildman–Crippen LogP) is 5.93. The lowest BCUT2D eigenvalue weighted by Crippen LogP contribution is -2.30. The number of halogens is 2. The number of hydrogen-bond donors (Lipinski definition) is 2. The van der Waals surface area contributed by atoms with Gasteiger partial charge >= 0.3 is 11.4 Å². The van der Waals surface area contributed by atoms with Gasteiger partial charge in [-0.05, 0) is 61.4 Å². The van der Waals surface area contributed by atoms with Crippen LogP contribution in [0.5, 0.6) is 0 Å². The molecule has 7 rings (SSSR count). The molecule has 0 spiro atoms. The molecule has 2 N–H and O–H groups in total. The van der Waals surface area contributed by atoms with Crippen LogP contribution in [0.2, 0.25) is 0 Å². The minimum absolute atomic E-state index is 0.00279. The number of nitrogens with zero attached hydrogens (tertiary/aromatic N) is 4. The summed E-state index contributed by atoms with van der Waals surface area (Å²) in [5, 5.41) is 8.85. The highest BCUT2D eigenvalue weighted by Gasteiger charge is 2.20. The van der Waals surface area contributed by atoms with Gasteiger partial charge in [0, 0.05) is 43.7 Å². The van der Waals surface area contributed by atoms with E-state index in [-0.39, 0.29) is 30.4 Å². The van der Waals surface area contributed by atoms with Gasteiger partial charge in [0.05, 0.1) is 36.7 Å². The van der Waals surface area contributed by atoms with Crippen molar-refractivity contribution in [1.29, 1.82) is 0 Å².